The number of hydrogen-bond acceptors (Lipinski definition) is 6. The first kappa shape index (κ1) is 16.4. The summed E-state index contributed by atoms with van der Waals surface area (Å²) in [5, 5.41) is 11.2. The molecule has 2 N–H and O–H groups in total. The van der Waals surface area contributed by atoms with E-state index in [2.05, 4.69) is 63.8 Å². The van der Waals surface area contributed by atoms with Crippen LogP contribution in [-0.4, -0.2) is 59.2 Å². The van der Waals surface area contributed by atoms with Crippen LogP contribution in [0.1, 0.15) is 17.8 Å². The van der Waals surface area contributed by atoms with E-state index in [1.807, 2.05) is 16.8 Å². The standard InChI is InChI=1S/C17H25N7/c1-13-6-4-7-14(12-13)20-17-21-16-15(18-8-5-10-23(2)3)19-9-11-24(16)22-17/h4,6-7,12H,5,8-11H2,1-3H3,(H,18,19)(H,20,22). The summed E-state index contributed by atoms with van der Waals surface area (Å²) >= 11 is 0. The maximum atomic E-state index is 4.61. The highest BCUT2D eigenvalue weighted by Gasteiger charge is 2.18. The molecular formula is C17H25N7. The number of anilines is 2. The summed E-state index contributed by atoms with van der Waals surface area (Å²) in [5.74, 6) is 2.26. The van der Waals surface area contributed by atoms with E-state index in [1.165, 1.54) is 5.56 Å². The third-order valence-corrected chi connectivity index (χ3v) is 3.81. The number of benzene rings is 1. The summed E-state index contributed by atoms with van der Waals surface area (Å²) in [4.78, 5) is 11.3. The van der Waals surface area contributed by atoms with Gasteiger partial charge in [0.05, 0.1) is 13.1 Å². The van der Waals surface area contributed by atoms with Crippen LogP contribution in [0, 0.1) is 6.92 Å². The monoisotopic (exact) mass is 327 g/mol. The minimum absolute atomic E-state index is 0.611. The van der Waals surface area contributed by atoms with Crippen LogP contribution < -0.4 is 10.6 Å². The van der Waals surface area contributed by atoms with Crippen LogP contribution in [0.5, 0.6) is 0 Å². The van der Waals surface area contributed by atoms with Gasteiger partial charge in [0, 0.05) is 12.2 Å². The molecule has 24 heavy (non-hydrogen) atoms. The minimum atomic E-state index is 0.611. The predicted molar refractivity (Wildman–Crippen MR) is 97.1 cm³/mol. The Morgan fingerprint density at radius 3 is 2.96 bits per heavy atom. The Balaban J connectivity index is 1.66. The average molecular weight is 327 g/mol. The quantitative estimate of drug-likeness (QED) is 0.789. The number of fused-ring (bicyclic) bond motifs is 1. The highest BCUT2D eigenvalue weighted by atomic mass is 15.4. The molecule has 0 amide bonds. The molecule has 1 aliphatic heterocycles. The molecule has 0 fully saturated rings. The molecule has 0 spiro atoms. The lowest BCUT2D eigenvalue weighted by Gasteiger charge is -2.15. The van der Waals surface area contributed by atoms with E-state index in [0.29, 0.717) is 5.95 Å². The molecule has 0 atom stereocenters. The van der Waals surface area contributed by atoms with E-state index < -0.39 is 0 Å². The third-order valence-electron chi connectivity index (χ3n) is 3.81. The Kier molecular flexibility index (Phi) is 5.10. The molecule has 3 rings (SSSR count). The Labute approximate surface area is 142 Å². The second-order valence-corrected chi connectivity index (χ2v) is 6.29. The van der Waals surface area contributed by atoms with Gasteiger partial charge in [-0.2, -0.15) is 4.98 Å². The molecule has 7 heteroatoms. The number of hydrogen-bond donors (Lipinski definition) is 2. The molecule has 7 nitrogen and oxygen atoms in total. The van der Waals surface area contributed by atoms with Crippen molar-refractivity contribution in [3.8, 4) is 0 Å². The average Bonchev–Trinajstić information content (AvgIpc) is 2.94. The van der Waals surface area contributed by atoms with Gasteiger partial charge in [-0.15, -0.1) is 5.10 Å². The lowest BCUT2D eigenvalue weighted by Crippen LogP contribution is -2.33. The minimum Gasteiger partial charge on any atom is -0.367 e. The molecule has 2 heterocycles. The number of rotatable bonds is 6. The van der Waals surface area contributed by atoms with Gasteiger partial charge < -0.3 is 15.5 Å². The Morgan fingerprint density at radius 1 is 1.29 bits per heavy atom. The molecule has 0 saturated heterocycles. The van der Waals surface area contributed by atoms with Gasteiger partial charge in [0.1, 0.15) is 0 Å². The fraction of sp³-hybridized carbons (Fsp3) is 0.471. The van der Waals surface area contributed by atoms with E-state index in [-0.39, 0.29) is 0 Å². The van der Waals surface area contributed by atoms with Gasteiger partial charge in [-0.05, 0) is 51.7 Å². The largest absolute Gasteiger partial charge is 0.367 e. The third kappa shape index (κ3) is 4.11. The number of aliphatic imine (C=N–C) groups is 1. The van der Waals surface area contributed by atoms with E-state index in [9.17, 15) is 0 Å². The normalized spacial score (nSPS) is 13.6. The zero-order valence-corrected chi connectivity index (χ0v) is 14.6. The van der Waals surface area contributed by atoms with Crippen molar-refractivity contribution in [2.45, 2.75) is 19.9 Å². The lowest BCUT2D eigenvalue weighted by atomic mass is 10.2. The number of aryl methyl sites for hydroxylation is 1. The Bertz CT molecular complexity index is 717. The molecule has 0 radical (unpaired) electrons. The molecule has 1 aromatic carbocycles. The number of nitrogens with zero attached hydrogens (tertiary/aromatic N) is 5. The highest BCUT2D eigenvalue weighted by molar-refractivity contribution is 5.96. The van der Waals surface area contributed by atoms with Crippen LogP contribution in [0.15, 0.2) is 29.3 Å². The van der Waals surface area contributed by atoms with Crippen LogP contribution in [0.4, 0.5) is 11.6 Å². The maximum absolute atomic E-state index is 4.61. The molecule has 0 saturated carbocycles. The van der Waals surface area contributed by atoms with Crippen LogP contribution in [0.2, 0.25) is 0 Å². The first-order valence-electron chi connectivity index (χ1n) is 8.34. The topological polar surface area (TPSA) is 70.4 Å². The van der Waals surface area contributed by atoms with Gasteiger partial charge in [0.15, 0.2) is 11.7 Å². The first-order valence-corrected chi connectivity index (χ1v) is 8.34. The van der Waals surface area contributed by atoms with Gasteiger partial charge in [-0.3, -0.25) is 4.99 Å². The summed E-state index contributed by atoms with van der Waals surface area (Å²) in [6, 6.07) is 8.18. The molecule has 1 aliphatic rings. The number of amidine groups is 1. The van der Waals surface area contributed by atoms with Gasteiger partial charge in [0.25, 0.3) is 0 Å². The molecule has 128 valence electrons. The van der Waals surface area contributed by atoms with E-state index >= 15 is 0 Å². The van der Waals surface area contributed by atoms with Crippen LogP contribution in [0.3, 0.4) is 0 Å². The van der Waals surface area contributed by atoms with Gasteiger partial charge in [0.2, 0.25) is 5.95 Å². The Hall–Kier alpha value is -2.41. The molecule has 2 aromatic rings. The summed E-state index contributed by atoms with van der Waals surface area (Å²) in [6.07, 6.45) is 1.06. The Morgan fingerprint density at radius 2 is 2.17 bits per heavy atom. The van der Waals surface area contributed by atoms with E-state index in [0.717, 1.165) is 49.9 Å². The number of aromatic nitrogens is 3. The summed E-state index contributed by atoms with van der Waals surface area (Å²) in [5.41, 5.74) is 2.20. The molecular weight excluding hydrogens is 302 g/mol. The van der Waals surface area contributed by atoms with Gasteiger partial charge in [-0.25, -0.2) is 4.68 Å². The lowest BCUT2D eigenvalue weighted by molar-refractivity contribution is 0.400. The molecule has 0 aliphatic carbocycles. The van der Waals surface area contributed by atoms with Crippen molar-refractivity contribution in [2.75, 3.05) is 39.0 Å². The van der Waals surface area contributed by atoms with Crippen LogP contribution in [0.25, 0.3) is 0 Å². The first-order chi connectivity index (χ1) is 11.6. The van der Waals surface area contributed by atoms with Crippen molar-refractivity contribution in [1.29, 1.82) is 0 Å². The van der Waals surface area contributed by atoms with Gasteiger partial charge >= 0.3 is 0 Å². The van der Waals surface area contributed by atoms with Crippen LogP contribution >= 0.6 is 0 Å². The molecule has 0 bridgehead atoms. The smallest absolute Gasteiger partial charge is 0.247 e. The summed E-state index contributed by atoms with van der Waals surface area (Å²) in [7, 11) is 4.16. The summed E-state index contributed by atoms with van der Waals surface area (Å²) in [6.45, 7) is 5.49. The second-order valence-electron chi connectivity index (χ2n) is 6.29. The fourth-order valence-electron chi connectivity index (χ4n) is 2.64. The zero-order valence-electron chi connectivity index (χ0n) is 14.6. The highest BCUT2D eigenvalue weighted by Crippen LogP contribution is 2.16. The van der Waals surface area contributed by atoms with Crippen molar-refractivity contribution in [2.24, 2.45) is 4.99 Å². The number of nitrogens with one attached hydrogen (secondary N) is 2. The van der Waals surface area contributed by atoms with Crippen molar-refractivity contribution >= 4 is 17.5 Å². The van der Waals surface area contributed by atoms with Crippen molar-refractivity contribution in [3.63, 3.8) is 0 Å². The SMILES string of the molecule is Cc1cccc(Nc2nc3n(n2)CCN=C3NCCCN(C)C)c1. The van der Waals surface area contributed by atoms with Crippen molar-refractivity contribution in [1.82, 2.24) is 25.0 Å². The second kappa shape index (κ2) is 7.44. The van der Waals surface area contributed by atoms with Crippen LogP contribution in [-0.2, 0) is 6.54 Å². The zero-order chi connectivity index (χ0) is 16.9. The van der Waals surface area contributed by atoms with E-state index in [4.69, 9.17) is 0 Å². The van der Waals surface area contributed by atoms with Crippen molar-refractivity contribution < 1.29 is 0 Å². The summed E-state index contributed by atoms with van der Waals surface area (Å²) < 4.78 is 1.92. The van der Waals surface area contributed by atoms with Crippen molar-refractivity contribution in [3.05, 3.63) is 35.7 Å². The predicted octanol–water partition coefficient (Wildman–Crippen LogP) is 1.63. The molecule has 0 unspecified atom stereocenters. The maximum Gasteiger partial charge on any atom is 0.247 e. The van der Waals surface area contributed by atoms with Gasteiger partial charge in [-0.1, -0.05) is 12.1 Å². The molecule has 1 aromatic heterocycles. The van der Waals surface area contributed by atoms with E-state index in [1.54, 1.807) is 0 Å². The fourth-order valence-corrected chi connectivity index (χ4v) is 2.64.